The highest BCUT2D eigenvalue weighted by Crippen LogP contribution is 2.33. The van der Waals surface area contributed by atoms with Gasteiger partial charge in [0.05, 0.1) is 11.4 Å². The van der Waals surface area contributed by atoms with Crippen LogP contribution in [0.25, 0.3) is 6.08 Å². The predicted molar refractivity (Wildman–Crippen MR) is 120 cm³/mol. The summed E-state index contributed by atoms with van der Waals surface area (Å²) in [5, 5.41) is -0.267. The highest BCUT2D eigenvalue weighted by Gasteiger charge is 2.34. The van der Waals surface area contributed by atoms with E-state index < -0.39 is 0 Å². The summed E-state index contributed by atoms with van der Waals surface area (Å²) < 4.78 is 5.62. The summed E-state index contributed by atoms with van der Waals surface area (Å²) in [5.74, 6) is 0.321. The van der Waals surface area contributed by atoms with Crippen LogP contribution < -0.4 is 4.74 Å². The largest absolute Gasteiger partial charge is 0.484 e. The topological polar surface area (TPSA) is 66.9 Å². The first-order valence-corrected chi connectivity index (χ1v) is 11.2. The zero-order valence-corrected chi connectivity index (χ0v) is 18.0. The van der Waals surface area contributed by atoms with E-state index in [0.717, 1.165) is 48.8 Å². The number of rotatable bonds is 6. The summed E-state index contributed by atoms with van der Waals surface area (Å²) in [4.78, 5) is 40.7. The molecule has 31 heavy (non-hydrogen) atoms. The molecule has 2 saturated heterocycles. The minimum Gasteiger partial charge on any atom is -0.484 e. The minimum atomic E-state index is -0.286. The maximum absolute atomic E-state index is 12.7. The van der Waals surface area contributed by atoms with Gasteiger partial charge in [0.15, 0.2) is 6.61 Å². The molecule has 0 radical (unpaired) electrons. The van der Waals surface area contributed by atoms with Crippen molar-refractivity contribution in [3.63, 3.8) is 0 Å². The fourth-order valence-electron chi connectivity index (χ4n) is 3.59. The van der Waals surface area contributed by atoms with Gasteiger partial charge >= 0.3 is 0 Å². The lowest BCUT2D eigenvalue weighted by molar-refractivity contribution is -0.134. The molecule has 6 nitrogen and oxygen atoms in total. The van der Waals surface area contributed by atoms with Gasteiger partial charge in [0.2, 0.25) is 0 Å². The average Bonchev–Trinajstić information content (AvgIpc) is 3.07. The number of benzene rings is 2. The molecule has 160 valence electrons. The predicted octanol–water partition coefficient (Wildman–Crippen LogP) is 4.31. The van der Waals surface area contributed by atoms with Gasteiger partial charge in [0, 0.05) is 13.1 Å². The summed E-state index contributed by atoms with van der Waals surface area (Å²) in [5.41, 5.74) is 1.70. The number of amides is 3. The van der Waals surface area contributed by atoms with Gasteiger partial charge in [-0.15, -0.1) is 0 Å². The fraction of sp³-hybridized carbons (Fsp3) is 0.292. The molecule has 0 atom stereocenters. The van der Waals surface area contributed by atoms with Gasteiger partial charge in [0.1, 0.15) is 5.75 Å². The van der Waals surface area contributed by atoms with Gasteiger partial charge in [-0.05, 0) is 60.4 Å². The van der Waals surface area contributed by atoms with E-state index in [0.29, 0.717) is 10.7 Å². The van der Waals surface area contributed by atoms with Crippen LogP contribution in [-0.4, -0.2) is 46.5 Å². The summed E-state index contributed by atoms with van der Waals surface area (Å²) in [6.07, 6.45) is 4.99. The highest BCUT2D eigenvalue weighted by molar-refractivity contribution is 8.18. The minimum absolute atomic E-state index is 0.0101. The molecule has 3 amide bonds. The third-order valence-corrected chi connectivity index (χ3v) is 6.21. The van der Waals surface area contributed by atoms with Crippen LogP contribution in [0.4, 0.5) is 4.79 Å². The Balaban J connectivity index is 1.35. The van der Waals surface area contributed by atoms with Crippen molar-refractivity contribution in [2.75, 3.05) is 19.7 Å². The Hall–Kier alpha value is -3.06. The van der Waals surface area contributed by atoms with Gasteiger partial charge in [-0.1, -0.05) is 42.5 Å². The Bertz CT molecular complexity index is 982. The monoisotopic (exact) mass is 436 g/mol. The van der Waals surface area contributed by atoms with Crippen LogP contribution in [0.2, 0.25) is 0 Å². The van der Waals surface area contributed by atoms with Crippen molar-refractivity contribution in [2.45, 2.75) is 25.8 Å². The van der Waals surface area contributed by atoms with E-state index in [1.807, 2.05) is 47.4 Å². The van der Waals surface area contributed by atoms with Crippen LogP contribution in [0.5, 0.6) is 5.75 Å². The van der Waals surface area contributed by atoms with Gasteiger partial charge in [-0.3, -0.25) is 19.3 Å². The number of hydrogen-bond acceptors (Lipinski definition) is 5. The van der Waals surface area contributed by atoms with Crippen LogP contribution in [0.3, 0.4) is 0 Å². The molecule has 0 bridgehead atoms. The molecule has 0 spiro atoms. The number of imide groups is 1. The summed E-state index contributed by atoms with van der Waals surface area (Å²) in [6, 6.07) is 16.6. The maximum Gasteiger partial charge on any atom is 0.293 e. The molecule has 0 saturated carbocycles. The molecule has 0 aliphatic carbocycles. The number of hydrogen-bond donors (Lipinski definition) is 0. The van der Waals surface area contributed by atoms with Crippen LogP contribution >= 0.6 is 11.8 Å². The number of nitrogens with zero attached hydrogens (tertiary/aromatic N) is 2. The molecule has 0 aromatic heterocycles. The quantitative estimate of drug-likeness (QED) is 0.631. The number of likely N-dealkylation sites (tertiary alicyclic amines) is 1. The summed E-state index contributed by atoms with van der Waals surface area (Å²) in [6.45, 7) is 1.90. The molecule has 2 aliphatic heterocycles. The first-order chi connectivity index (χ1) is 15.1. The second-order valence-electron chi connectivity index (χ2n) is 7.55. The van der Waals surface area contributed by atoms with Crippen molar-refractivity contribution >= 4 is 34.9 Å². The second-order valence-corrected chi connectivity index (χ2v) is 8.55. The summed E-state index contributed by atoms with van der Waals surface area (Å²) in [7, 11) is 0. The first kappa shape index (κ1) is 21.2. The maximum atomic E-state index is 12.7. The number of carbonyl (C=O) groups is 3. The number of ether oxygens (including phenoxy) is 1. The van der Waals surface area contributed by atoms with E-state index in [2.05, 4.69) is 0 Å². The molecule has 2 aromatic carbocycles. The van der Waals surface area contributed by atoms with Crippen molar-refractivity contribution in [1.82, 2.24) is 9.80 Å². The van der Waals surface area contributed by atoms with E-state index in [4.69, 9.17) is 4.74 Å². The zero-order chi connectivity index (χ0) is 21.6. The molecule has 2 aromatic rings. The van der Waals surface area contributed by atoms with Crippen molar-refractivity contribution in [2.24, 2.45) is 0 Å². The standard InChI is InChI=1S/C24H24N2O4S/c27-22(25-13-5-2-6-14-25)17-30-20-11-9-18(10-12-20)15-21-23(28)26(24(29)31-21)16-19-7-3-1-4-8-19/h1,3-4,7-12,15H,2,5-6,13-14,16-17H2/b21-15-. The van der Waals surface area contributed by atoms with Gasteiger partial charge in [-0.2, -0.15) is 0 Å². The van der Waals surface area contributed by atoms with Crippen LogP contribution in [0.15, 0.2) is 59.5 Å². The number of thioether (sulfide) groups is 1. The molecule has 4 rings (SSSR count). The Morgan fingerprint density at radius 3 is 2.39 bits per heavy atom. The Kier molecular flexibility index (Phi) is 6.72. The van der Waals surface area contributed by atoms with Crippen LogP contribution in [-0.2, 0) is 16.1 Å². The fourth-order valence-corrected chi connectivity index (χ4v) is 4.43. The average molecular weight is 437 g/mol. The highest BCUT2D eigenvalue weighted by atomic mass is 32.2. The van der Waals surface area contributed by atoms with E-state index >= 15 is 0 Å². The number of carbonyl (C=O) groups excluding carboxylic acids is 3. The van der Waals surface area contributed by atoms with Gasteiger partial charge < -0.3 is 9.64 Å². The lowest BCUT2D eigenvalue weighted by Gasteiger charge is -2.26. The van der Waals surface area contributed by atoms with E-state index in [9.17, 15) is 14.4 Å². The third-order valence-electron chi connectivity index (χ3n) is 5.31. The second kappa shape index (κ2) is 9.83. The third kappa shape index (κ3) is 5.35. The molecular formula is C24H24N2O4S. The molecule has 7 heteroatoms. The molecule has 0 unspecified atom stereocenters. The molecular weight excluding hydrogens is 412 g/mol. The van der Waals surface area contributed by atoms with E-state index in [1.54, 1.807) is 18.2 Å². The Labute approximate surface area is 185 Å². The molecule has 2 heterocycles. The Morgan fingerprint density at radius 2 is 1.68 bits per heavy atom. The SMILES string of the molecule is O=C(COc1ccc(/C=C2\SC(=O)N(Cc3ccccc3)C2=O)cc1)N1CCCCC1. The van der Waals surface area contributed by atoms with Crippen molar-refractivity contribution in [3.05, 3.63) is 70.6 Å². The van der Waals surface area contributed by atoms with Gasteiger partial charge in [-0.25, -0.2) is 0 Å². The lowest BCUT2D eigenvalue weighted by Crippen LogP contribution is -2.38. The van der Waals surface area contributed by atoms with E-state index in [-0.39, 0.29) is 30.2 Å². The van der Waals surface area contributed by atoms with Crippen molar-refractivity contribution in [3.8, 4) is 5.75 Å². The first-order valence-electron chi connectivity index (χ1n) is 10.4. The normalized spacial score (nSPS) is 18.0. The van der Waals surface area contributed by atoms with Crippen molar-refractivity contribution < 1.29 is 19.1 Å². The molecule has 2 fully saturated rings. The lowest BCUT2D eigenvalue weighted by atomic mass is 10.1. The van der Waals surface area contributed by atoms with Crippen LogP contribution in [0.1, 0.15) is 30.4 Å². The molecule has 0 N–H and O–H groups in total. The van der Waals surface area contributed by atoms with Gasteiger partial charge in [0.25, 0.3) is 17.1 Å². The van der Waals surface area contributed by atoms with Crippen LogP contribution in [0, 0.1) is 0 Å². The molecule has 2 aliphatic rings. The van der Waals surface area contributed by atoms with E-state index in [1.165, 1.54) is 11.3 Å². The van der Waals surface area contributed by atoms with Crippen molar-refractivity contribution in [1.29, 1.82) is 0 Å². The smallest absolute Gasteiger partial charge is 0.293 e. The summed E-state index contributed by atoms with van der Waals surface area (Å²) >= 11 is 0.947. The Morgan fingerprint density at radius 1 is 0.968 bits per heavy atom. The number of piperidine rings is 1. The zero-order valence-electron chi connectivity index (χ0n) is 17.2.